The molecule has 3 aromatic rings. The maximum atomic E-state index is 3.67. The van der Waals surface area contributed by atoms with Crippen molar-refractivity contribution in [3.8, 4) is 11.1 Å². The van der Waals surface area contributed by atoms with Gasteiger partial charge in [-0.25, -0.2) is 12.1 Å². The third kappa shape index (κ3) is 10.6. The fourth-order valence-corrected chi connectivity index (χ4v) is 4.47. The van der Waals surface area contributed by atoms with Gasteiger partial charge in [0.2, 0.25) is 0 Å². The first kappa shape index (κ1) is 37.1. The molecule has 0 fully saturated rings. The maximum absolute atomic E-state index is 3.67. The first-order valence-electron chi connectivity index (χ1n) is 13.3. The zero-order chi connectivity index (χ0) is 27.5. The van der Waals surface area contributed by atoms with Gasteiger partial charge in [0.1, 0.15) is 0 Å². The van der Waals surface area contributed by atoms with Crippen molar-refractivity contribution >= 4 is 3.21 Å². The van der Waals surface area contributed by atoms with E-state index in [4.69, 9.17) is 0 Å². The van der Waals surface area contributed by atoms with Crippen LogP contribution >= 0.6 is 0 Å². The summed E-state index contributed by atoms with van der Waals surface area (Å²) in [5, 5.41) is 0. The zero-order valence-electron chi connectivity index (χ0n) is 25.7. The van der Waals surface area contributed by atoms with E-state index in [0.717, 1.165) is 6.42 Å². The fourth-order valence-electron chi connectivity index (χ4n) is 4.47. The summed E-state index contributed by atoms with van der Waals surface area (Å²) >= 11 is 1.59. The molecule has 0 saturated carbocycles. The van der Waals surface area contributed by atoms with Gasteiger partial charge in [-0.1, -0.05) is 65.3 Å². The SMILES string of the molecule is CC(C)(C)[C](=[Zr+2])C(C)(C)C.CC(C)(C)c1[c-]c2c(cc1)-c1ccc(C(C)(C)C)cc1C2.[Cl-].[Cl-].c1cc[cH-]c1. The van der Waals surface area contributed by atoms with Crippen LogP contribution in [0.1, 0.15) is 105 Å². The Bertz CT molecular complexity index is 1050. The van der Waals surface area contributed by atoms with Crippen molar-refractivity contribution in [3.05, 3.63) is 89.0 Å². The summed E-state index contributed by atoms with van der Waals surface area (Å²) in [6.45, 7) is 27.4. The second-order valence-electron chi connectivity index (χ2n) is 14.2. The molecule has 0 nitrogen and oxygen atoms in total. The molecule has 3 heteroatoms. The number of hydrogen-bond donors (Lipinski definition) is 0. The predicted octanol–water partition coefficient (Wildman–Crippen LogP) is 3.86. The standard InChI is InChI=1S/C21H25.C9H18.C5H5.2ClH.Zr/c1-20(2,3)16-7-9-18-14(12-16)11-15-13-17(21(4,5)6)8-10-19(15)18;1-8(2,3)7-9(4,5)6;1-2-4-5-3-1;;;/h7-10,12H,11H2,1-6H3;1-6H3;1-5H;2*1H;/q-1;;-1;;;+2/p-2. The predicted molar refractivity (Wildman–Crippen MR) is 157 cm³/mol. The van der Waals surface area contributed by atoms with Gasteiger partial charge in [0.15, 0.2) is 0 Å². The monoisotopic (exact) mass is 628 g/mol. The molecule has 0 radical (unpaired) electrons. The van der Waals surface area contributed by atoms with Gasteiger partial charge in [-0.3, -0.25) is 0 Å². The average Bonchev–Trinajstić information content (AvgIpc) is 3.41. The maximum Gasteiger partial charge on any atom is -0.0132 e. The molecule has 0 N–H and O–H groups in total. The molecule has 208 valence electrons. The second kappa shape index (κ2) is 14.1. The van der Waals surface area contributed by atoms with Crippen molar-refractivity contribution in [2.24, 2.45) is 10.8 Å². The van der Waals surface area contributed by atoms with E-state index in [0.29, 0.717) is 10.8 Å². The molecule has 1 aliphatic carbocycles. The normalized spacial score (nSPS) is 12.4. The molecule has 1 aliphatic rings. The summed E-state index contributed by atoms with van der Waals surface area (Å²) in [6, 6.07) is 25.2. The van der Waals surface area contributed by atoms with Gasteiger partial charge < -0.3 is 24.8 Å². The van der Waals surface area contributed by atoms with E-state index in [1.807, 2.05) is 30.3 Å². The van der Waals surface area contributed by atoms with Crippen LogP contribution in [0.5, 0.6) is 0 Å². The van der Waals surface area contributed by atoms with Crippen LogP contribution in [0.2, 0.25) is 0 Å². The van der Waals surface area contributed by atoms with Crippen molar-refractivity contribution in [2.45, 2.75) is 100 Å². The van der Waals surface area contributed by atoms with Crippen LogP contribution in [0.4, 0.5) is 0 Å². The molecular formula is C35H48Cl2Zr-2. The second-order valence-corrected chi connectivity index (χ2v) is 15.4. The molecule has 0 saturated heterocycles. The van der Waals surface area contributed by atoms with E-state index >= 15 is 0 Å². The molecule has 0 aliphatic heterocycles. The molecule has 0 heterocycles. The topological polar surface area (TPSA) is 0 Å². The third-order valence-electron chi connectivity index (χ3n) is 6.52. The molecule has 38 heavy (non-hydrogen) atoms. The van der Waals surface area contributed by atoms with Crippen molar-refractivity contribution in [3.63, 3.8) is 0 Å². The molecule has 0 spiro atoms. The first-order valence-corrected chi connectivity index (χ1v) is 14.5. The summed E-state index contributed by atoms with van der Waals surface area (Å²) in [6.07, 6.45) is 1.03. The average molecular weight is 631 g/mol. The summed E-state index contributed by atoms with van der Waals surface area (Å²) in [5.74, 6) is 0. The Kier molecular flexibility index (Phi) is 13.8. The van der Waals surface area contributed by atoms with Crippen molar-refractivity contribution in [1.82, 2.24) is 0 Å². The number of fused-ring (bicyclic) bond motifs is 3. The van der Waals surface area contributed by atoms with E-state index in [2.05, 4.69) is 119 Å². The van der Waals surface area contributed by atoms with Crippen LogP contribution in [-0.4, -0.2) is 3.21 Å². The Morgan fingerprint density at radius 3 is 1.58 bits per heavy atom. The van der Waals surface area contributed by atoms with Crippen molar-refractivity contribution in [1.29, 1.82) is 0 Å². The Hall–Kier alpha value is -0.877. The van der Waals surface area contributed by atoms with E-state index in [9.17, 15) is 0 Å². The number of benzene rings is 2. The van der Waals surface area contributed by atoms with E-state index < -0.39 is 0 Å². The van der Waals surface area contributed by atoms with Crippen LogP contribution in [-0.2, 0) is 41.5 Å². The van der Waals surface area contributed by atoms with Gasteiger partial charge in [0, 0.05) is 0 Å². The van der Waals surface area contributed by atoms with Crippen LogP contribution in [0, 0.1) is 16.9 Å². The number of hydrogen-bond acceptors (Lipinski definition) is 0. The van der Waals surface area contributed by atoms with Crippen LogP contribution in [0.25, 0.3) is 11.1 Å². The molecule has 0 bridgehead atoms. The third-order valence-corrected chi connectivity index (χ3v) is 10.2. The molecule has 0 aromatic heterocycles. The fraction of sp³-hybridized carbons (Fsp3) is 0.486. The molecule has 0 atom stereocenters. The van der Waals surface area contributed by atoms with Crippen molar-refractivity contribution in [2.75, 3.05) is 0 Å². The van der Waals surface area contributed by atoms with Crippen LogP contribution in [0.3, 0.4) is 0 Å². The zero-order valence-corrected chi connectivity index (χ0v) is 29.7. The Labute approximate surface area is 261 Å². The minimum absolute atomic E-state index is 0. The Balaban J connectivity index is 0.000000676. The van der Waals surface area contributed by atoms with Crippen LogP contribution < -0.4 is 24.8 Å². The Morgan fingerprint density at radius 2 is 1.21 bits per heavy atom. The van der Waals surface area contributed by atoms with Gasteiger partial charge in [-0.2, -0.15) is 42.0 Å². The van der Waals surface area contributed by atoms with E-state index in [-0.39, 0.29) is 35.6 Å². The molecule has 0 amide bonds. The molecular weight excluding hydrogens is 583 g/mol. The van der Waals surface area contributed by atoms with Crippen molar-refractivity contribution < 1.29 is 49.0 Å². The van der Waals surface area contributed by atoms with Gasteiger partial charge in [-0.05, 0) is 28.4 Å². The molecule has 4 rings (SSSR count). The van der Waals surface area contributed by atoms with Gasteiger partial charge >= 0.3 is 79.8 Å². The smallest absolute Gasteiger partial charge is 0.0132 e. The largest absolute Gasteiger partial charge is 1.00 e. The minimum Gasteiger partial charge on any atom is -1.00 e. The van der Waals surface area contributed by atoms with Crippen LogP contribution in [0.15, 0.2) is 60.7 Å². The molecule has 3 aromatic carbocycles. The number of rotatable bonds is 0. The van der Waals surface area contributed by atoms with E-state index in [1.54, 1.807) is 27.4 Å². The number of halogens is 2. The summed E-state index contributed by atoms with van der Waals surface area (Å²) in [5.41, 5.74) is 9.50. The van der Waals surface area contributed by atoms with Gasteiger partial charge in [-0.15, -0.1) is 11.1 Å². The molecule has 0 unspecified atom stereocenters. The first-order chi connectivity index (χ1) is 16.3. The summed E-state index contributed by atoms with van der Waals surface area (Å²) < 4.78 is 1.66. The van der Waals surface area contributed by atoms with Gasteiger partial charge in [0.05, 0.1) is 0 Å². The van der Waals surface area contributed by atoms with E-state index in [1.165, 1.54) is 33.4 Å². The Morgan fingerprint density at radius 1 is 0.711 bits per heavy atom. The van der Waals surface area contributed by atoms with Gasteiger partial charge in [0.25, 0.3) is 0 Å². The summed E-state index contributed by atoms with van der Waals surface area (Å²) in [4.78, 5) is 0. The quantitative estimate of drug-likeness (QED) is 0.259. The minimum atomic E-state index is 0. The summed E-state index contributed by atoms with van der Waals surface area (Å²) in [7, 11) is 0.